The molecule has 0 radical (unpaired) electrons. The van der Waals surface area contributed by atoms with Crippen LogP contribution in [0.3, 0.4) is 0 Å². The highest BCUT2D eigenvalue weighted by atomic mass is 16.5. The molecule has 0 aliphatic carbocycles. The fourth-order valence-corrected chi connectivity index (χ4v) is 1.69. The number of aryl methyl sites for hydroxylation is 1. The van der Waals surface area contributed by atoms with Crippen molar-refractivity contribution in [3.05, 3.63) is 58.1 Å². The van der Waals surface area contributed by atoms with Crippen molar-refractivity contribution in [3.63, 3.8) is 0 Å². The lowest BCUT2D eigenvalue weighted by molar-refractivity contribution is -0.118. The molecule has 0 fully saturated rings. The molecule has 110 valence electrons. The van der Waals surface area contributed by atoms with Crippen LogP contribution in [0.2, 0.25) is 0 Å². The molecule has 0 bridgehead atoms. The minimum Gasteiger partial charge on any atom is -0.477 e. The van der Waals surface area contributed by atoms with Crippen LogP contribution in [0.4, 0.5) is 5.69 Å². The summed E-state index contributed by atoms with van der Waals surface area (Å²) < 4.78 is 10.0. The molecule has 0 aliphatic rings. The number of hydrogen-bond donors (Lipinski definition) is 2. The minimum absolute atomic E-state index is 0.0772. The molecule has 2 rings (SSSR count). The number of carbonyl (C=O) groups excluding carboxylic acids is 1. The van der Waals surface area contributed by atoms with Gasteiger partial charge in [0.2, 0.25) is 11.2 Å². The highest BCUT2D eigenvalue weighted by Gasteiger charge is 2.08. The zero-order chi connectivity index (χ0) is 15.2. The van der Waals surface area contributed by atoms with E-state index in [-0.39, 0.29) is 30.6 Å². The van der Waals surface area contributed by atoms with E-state index < -0.39 is 5.43 Å². The van der Waals surface area contributed by atoms with E-state index in [9.17, 15) is 9.59 Å². The summed E-state index contributed by atoms with van der Waals surface area (Å²) in [6, 6.07) is 8.44. The summed E-state index contributed by atoms with van der Waals surface area (Å²) >= 11 is 0. The van der Waals surface area contributed by atoms with Crippen LogP contribution in [-0.4, -0.2) is 17.6 Å². The Morgan fingerprint density at radius 1 is 1.38 bits per heavy atom. The number of benzene rings is 1. The standard InChI is InChI=1S/C15H15NO5/c1-10-3-2-4-11(5-10)16-15(19)9-21-14-8-20-12(7-17)6-13(14)18/h2-6,8,17H,7,9H2,1H3,(H,16,19). The summed E-state index contributed by atoms with van der Waals surface area (Å²) in [6.45, 7) is 1.24. The Balaban J connectivity index is 1.94. The zero-order valence-corrected chi connectivity index (χ0v) is 11.5. The number of hydrogen-bond acceptors (Lipinski definition) is 5. The molecule has 2 aromatic rings. The van der Waals surface area contributed by atoms with Crippen LogP contribution in [0.5, 0.6) is 5.75 Å². The van der Waals surface area contributed by atoms with Gasteiger partial charge >= 0.3 is 0 Å². The Morgan fingerprint density at radius 2 is 2.19 bits per heavy atom. The highest BCUT2D eigenvalue weighted by Crippen LogP contribution is 2.10. The fourth-order valence-electron chi connectivity index (χ4n) is 1.69. The van der Waals surface area contributed by atoms with E-state index in [4.69, 9.17) is 14.3 Å². The Labute approximate surface area is 121 Å². The molecule has 21 heavy (non-hydrogen) atoms. The third-order valence-corrected chi connectivity index (χ3v) is 2.67. The molecule has 0 aliphatic heterocycles. The average Bonchev–Trinajstić information content (AvgIpc) is 2.46. The molecular formula is C15H15NO5. The van der Waals surface area contributed by atoms with E-state index in [0.29, 0.717) is 5.69 Å². The maximum absolute atomic E-state index is 11.7. The monoisotopic (exact) mass is 289 g/mol. The number of nitrogens with one attached hydrogen (secondary N) is 1. The molecule has 6 nitrogen and oxygen atoms in total. The lowest BCUT2D eigenvalue weighted by Gasteiger charge is -2.07. The van der Waals surface area contributed by atoms with Crippen molar-refractivity contribution < 1.29 is 19.1 Å². The van der Waals surface area contributed by atoms with Gasteiger partial charge in [-0.25, -0.2) is 0 Å². The first-order valence-corrected chi connectivity index (χ1v) is 6.30. The van der Waals surface area contributed by atoms with Gasteiger partial charge in [-0.15, -0.1) is 0 Å². The Bertz CT molecular complexity index is 692. The smallest absolute Gasteiger partial charge is 0.262 e. The van der Waals surface area contributed by atoms with Gasteiger partial charge in [0.05, 0.1) is 0 Å². The molecule has 2 N–H and O–H groups in total. The molecule has 0 atom stereocenters. The number of ether oxygens (including phenoxy) is 1. The second kappa shape index (κ2) is 6.71. The van der Waals surface area contributed by atoms with Gasteiger partial charge in [0, 0.05) is 11.8 Å². The van der Waals surface area contributed by atoms with Crippen molar-refractivity contribution in [1.29, 1.82) is 0 Å². The van der Waals surface area contributed by atoms with Gasteiger partial charge in [-0.1, -0.05) is 12.1 Å². The third-order valence-electron chi connectivity index (χ3n) is 2.67. The largest absolute Gasteiger partial charge is 0.477 e. The molecule has 1 aromatic heterocycles. The van der Waals surface area contributed by atoms with E-state index >= 15 is 0 Å². The summed E-state index contributed by atoms with van der Waals surface area (Å²) in [5.74, 6) is -0.325. The molecule has 0 unspecified atom stereocenters. The minimum atomic E-state index is -0.450. The van der Waals surface area contributed by atoms with Crippen LogP contribution in [0.1, 0.15) is 11.3 Å². The number of anilines is 1. The fraction of sp³-hybridized carbons (Fsp3) is 0.200. The number of aliphatic hydroxyl groups excluding tert-OH is 1. The van der Waals surface area contributed by atoms with Crippen molar-refractivity contribution >= 4 is 11.6 Å². The quantitative estimate of drug-likeness (QED) is 0.870. The summed E-state index contributed by atoms with van der Waals surface area (Å²) in [4.78, 5) is 23.3. The van der Waals surface area contributed by atoms with Gasteiger partial charge < -0.3 is 19.6 Å². The molecule has 1 heterocycles. The van der Waals surface area contributed by atoms with Crippen LogP contribution >= 0.6 is 0 Å². The van der Waals surface area contributed by atoms with E-state index in [1.165, 1.54) is 0 Å². The SMILES string of the molecule is Cc1cccc(NC(=O)COc2coc(CO)cc2=O)c1. The van der Waals surface area contributed by atoms with Gasteiger partial charge in [-0.05, 0) is 24.6 Å². The summed E-state index contributed by atoms with van der Waals surface area (Å²) in [5.41, 5.74) is 1.23. The third kappa shape index (κ3) is 4.19. The molecule has 0 spiro atoms. The highest BCUT2D eigenvalue weighted by molar-refractivity contribution is 5.91. The lowest BCUT2D eigenvalue weighted by atomic mass is 10.2. The molecule has 6 heteroatoms. The Hall–Kier alpha value is -2.60. The van der Waals surface area contributed by atoms with Crippen molar-refractivity contribution in [2.75, 3.05) is 11.9 Å². The van der Waals surface area contributed by atoms with Gasteiger partial charge in [-0.2, -0.15) is 0 Å². The van der Waals surface area contributed by atoms with Crippen molar-refractivity contribution in [1.82, 2.24) is 0 Å². The predicted octanol–water partition coefficient (Wildman–Crippen LogP) is 1.46. The maximum Gasteiger partial charge on any atom is 0.262 e. The second-order valence-corrected chi connectivity index (χ2v) is 4.44. The van der Waals surface area contributed by atoms with Gasteiger partial charge in [0.25, 0.3) is 5.91 Å². The zero-order valence-electron chi connectivity index (χ0n) is 11.5. The first kappa shape index (κ1) is 14.8. The Morgan fingerprint density at radius 3 is 2.86 bits per heavy atom. The summed E-state index contributed by atoms with van der Waals surface area (Å²) in [6.07, 6.45) is 1.08. The van der Waals surface area contributed by atoms with Crippen LogP contribution in [0.15, 0.2) is 45.8 Å². The van der Waals surface area contributed by atoms with Gasteiger partial charge in [0.1, 0.15) is 18.6 Å². The van der Waals surface area contributed by atoms with Crippen molar-refractivity contribution in [3.8, 4) is 5.75 Å². The molecule has 1 aromatic carbocycles. The van der Waals surface area contributed by atoms with Gasteiger partial charge in [-0.3, -0.25) is 9.59 Å². The summed E-state index contributed by atoms with van der Waals surface area (Å²) in [5, 5.41) is 11.5. The Kier molecular flexibility index (Phi) is 4.73. The van der Waals surface area contributed by atoms with Crippen molar-refractivity contribution in [2.45, 2.75) is 13.5 Å². The topological polar surface area (TPSA) is 88.8 Å². The van der Waals surface area contributed by atoms with Crippen LogP contribution in [-0.2, 0) is 11.4 Å². The number of amides is 1. The summed E-state index contributed by atoms with van der Waals surface area (Å²) in [7, 11) is 0. The molecular weight excluding hydrogens is 274 g/mol. The second-order valence-electron chi connectivity index (χ2n) is 4.44. The van der Waals surface area contributed by atoms with Crippen LogP contribution in [0, 0.1) is 6.92 Å². The number of carbonyl (C=O) groups is 1. The first-order chi connectivity index (χ1) is 10.1. The number of aliphatic hydroxyl groups is 1. The van der Waals surface area contributed by atoms with Crippen molar-refractivity contribution in [2.24, 2.45) is 0 Å². The van der Waals surface area contributed by atoms with Gasteiger partial charge in [0.15, 0.2) is 6.61 Å². The van der Waals surface area contributed by atoms with E-state index in [1.807, 2.05) is 25.1 Å². The molecule has 0 saturated heterocycles. The van der Waals surface area contributed by atoms with E-state index in [0.717, 1.165) is 17.9 Å². The van der Waals surface area contributed by atoms with Crippen LogP contribution < -0.4 is 15.5 Å². The van der Waals surface area contributed by atoms with Crippen LogP contribution in [0.25, 0.3) is 0 Å². The van der Waals surface area contributed by atoms with E-state index in [2.05, 4.69) is 5.32 Å². The number of rotatable bonds is 5. The lowest BCUT2D eigenvalue weighted by Crippen LogP contribution is -2.22. The molecule has 1 amide bonds. The van der Waals surface area contributed by atoms with E-state index in [1.54, 1.807) is 6.07 Å². The first-order valence-electron chi connectivity index (χ1n) is 6.30. The molecule has 0 saturated carbocycles. The maximum atomic E-state index is 11.7. The normalized spacial score (nSPS) is 10.2. The predicted molar refractivity (Wildman–Crippen MR) is 76.2 cm³/mol. The average molecular weight is 289 g/mol.